The van der Waals surface area contributed by atoms with Crippen LogP contribution < -0.4 is 5.32 Å². The van der Waals surface area contributed by atoms with Gasteiger partial charge in [0.1, 0.15) is 6.10 Å². The zero-order valence-electron chi connectivity index (χ0n) is 22.4. The summed E-state index contributed by atoms with van der Waals surface area (Å²) in [5, 5.41) is 12.1. The molecule has 5 rings (SSSR count). The summed E-state index contributed by atoms with van der Waals surface area (Å²) in [5.74, 6) is -0.0844. The molecule has 3 saturated carbocycles. The molecular weight excluding hydrogens is 482 g/mol. The number of benzene rings is 1. The average Bonchev–Trinajstić information content (AvgIpc) is 3.22. The molecule has 4 aliphatic carbocycles. The number of hydrogen-bond donors (Lipinski definition) is 2. The van der Waals surface area contributed by atoms with Crippen molar-refractivity contribution in [1.29, 1.82) is 0 Å². The molecular formula is C31H39NO6. The van der Waals surface area contributed by atoms with Crippen LogP contribution in [0.15, 0.2) is 42.0 Å². The zero-order valence-corrected chi connectivity index (χ0v) is 22.4. The van der Waals surface area contributed by atoms with E-state index < -0.39 is 23.9 Å². The van der Waals surface area contributed by atoms with E-state index in [9.17, 15) is 24.3 Å². The minimum atomic E-state index is -1.15. The lowest BCUT2D eigenvalue weighted by molar-refractivity contribution is -0.160. The Hall–Kier alpha value is -2.96. The Morgan fingerprint density at radius 3 is 2.50 bits per heavy atom. The Morgan fingerprint density at radius 1 is 1.00 bits per heavy atom. The van der Waals surface area contributed by atoms with Crippen molar-refractivity contribution in [3.8, 4) is 0 Å². The van der Waals surface area contributed by atoms with Crippen molar-refractivity contribution in [2.75, 3.05) is 0 Å². The lowest BCUT2D eigenvalue weighted by atomic mass is 9.47. The van der Waals surface area contributed by atoms with Crippen molar-refractivity contribution >= 4 is 23.6 Å². The molecule has 0 aliphatic heterocycles. The normalized spacial score (nSPS) is 34.7. The summed E-state index contributed by atoms with van der Waals surface area (Å²) < 4.78 is 6.01. The van der Waals surface area contributed by atoms with Gasteiger partial charge in [0.25, 0.3) is 0 Å². The topological polar surface area (TPSA) is 110 Å². The zero-order chi connectivity index (χ0) is 27.1. The second-order valence-corrected chi connectivity index (χ2v) is 12.3. The molecule has 1 amide bonds. The van der Waals surface area contributed by atoms with E-state index >= 15 is 0 Å². The van der Waals surface area contributed by atoms with Crippen LogP contribution in [0.4, 0.5) is 0 Å². The summed E-state index contributed by atoms with van der Waals surface area (Å²) in [7, 11) is 0. The van der Waals surface area contributed by atoms with E-state index in [0.717, 1.165) is 44.9 Å². The first-order valence-electron chi connectivity index (χ1n) is 14.1. The highest BCUT2D eigenvalue weighted by molar-refractivity contribution is 5.91. The number of carboxylic acids is 1. The Kier molecular flexibility index (Phi) is 7.23. The molecule has 2 N–H and O–H groups in total. The van der Waals surface area contributed by atoms with E-state index in [-0.39, 0.29) is 35.6 Å². The fourth-order valence-electron chi connectivity index (χ4n) is 8.30. The summed E-state index contributed by atoms with van der Waals surface area (Å²) in [6.07, 6.45) is 9.28. The van der Waals surface area contributed by atoms with Gasteiger partial charge in [0, 0.05) is 18.3 Å². The number of aliphatic carboxylic acids is 1. The Bertz CT molecular complexity index is 1140. The van der Waals surface area contributed by atoms with Gasteiger partial charge in [-0.2, -0.15) is 0 Å². The summed E-state index contributed by atoms with van der Waals surface area (Å²) in [6, 6.07) is 7.36. The number of esters is 1. The van der Waals surface area contributed by atoms with Gasteiger partial charge in [-0.15, -0.1) is 0 Å². The van der Waals surface area contributed by atoms with Crippen molar-refractivity contribution in [3.05, 3.63) is 47.5 Å². The third-order valence-electron chi connectivity index (χ3n) is 10.4. The fourth-order valence-corrected chi connectivity index (χ4v) is 8.30. The van der Waals surface area contributed by atoms with Crippen LogP contribution in [0.25, 0.3) is 0 Å². The molecule has 38 heavy (non-hydrogen) atoms. The van der Waals surface area contributed by atoms with Crippen molar-refractivity contribution in [2.24, 2.45) is 28.6 Å². The monoisotopic (exact) mass is 521 g/mol. The minimum absolute atomic E-state index is 0.0666. The quantitative estimate of drug-likeness (QED) is 0.480. The first-order valence-corrected chi connectivity index (χ1v) is 14.1. The van der Waals surface area contributed by atoms with Crippen LogP contribution in [0.2, 0.25) is 0 Å². The smallest absolute Gasteiger partial charge is 0.330 e. The van der Waals surface area contributed by atoms with Crippen molar-refractivity contribution in [1.82, 2.24) is 5.32 Å². The number of ketones is 1. The van der Waals surface area contributed by atoms with Gasteiger partial charge < -0.3 is 15.2 Å². The van der Waals surface area contributed by atoms with Crippen LogP contribution in [0.3, 0.4) is 0 Å². The Labute approximate surface area is 224 Å². The molecule has 0 bridgehead atoms. The average molecular weight is 522 g/mol. The van der Waals surface area contributed by atoms with Crippen LogP contribution in [0.1, 0.15) is 89.7 Å². The third-order valence-corrected chi connectivity index (χ3v) is 10.4. The highest BCUT2D eigenvalue weighted by atomic mass is 16.5. The minimum Gasteiger partial charge on any atom is -0.479 e. The maximum atomic E-state index is 12.8. The number of rotatable bonds is 7. The van der Waals surface area contributed by atoms with Crippen LogP contribution in [0.5, 0.6) is 0 Å². The number of fused-ring (bicyclic) bond motifs is 5. The van der Waals surface area contributed by atoms with E-state index in [2.05, 4.69) is 19.2 Å². The molecule has 1 aromatic carbocycles. The van der Waals surface area contributed by atoms with Gasteiger partial charge in [0.2, 0.25) is 5.91 Å². The van der Waals surface area contributed by atoms with E-state index in [1.807, 2.05) is 6.08 Å². The van der Waals surface area contributed by atoms with Gasteiger partial charge in [-0.1, -0.05) is 49.8 Å². The second kappa shape index (κ2) is 10.3. The lowest BCUT2D eigenvalue weighted by Crippen LogP contribution is -2.51. The molecule has 0 heterocycles. The molecule has 4 aliphatic rings. The second-order valence-electron chi connectivity index (χ2n) is 12.3. The van der Waals surface area contributed by atoms with E-state index in [1.165, 1.54) is 5.57 Å². The molecule has 5 unspecified atom stereocenters. The SMILES string of the molecule is C[C@@]12CCC3C(CCC4=CC(=O)CC[C@]43C)C1CCC2OC(=O)CCC(=O)NC(C(=O)O)c1ccccc1. The fraction of sp³-hybridized carbons (Fsp3) is 0.613. The van der Waals surface area contributed by atoms with Gasteiger partial charge in [0.15, 0.2) is 11.8 Å². The van der Waals surface area contributed by atoms with Crippen LogP contribution in [-0.2, 0) is 23.9 Å². The van der Waals surface area contributed by atoms with E-state index in [1.54, 1.807) is 30.3 Å². The molecule has 3 fully saturated rings. The maximum Gasteiger partial charge on any atom is 0.330 e. The first kappa shape index (κ1) is 26.6. The first-order chi connectivity index (χ1) is 18.1. The van der Waals surface area contributed by atoms with Crippen molar-refractivity contribution < 1.29 is 29.0 Å². The van der Waals surface area contributed by atoms with Crippen molar-refractivity contribution in [2.45, 2.75) is 90.2 Å². The number of hydrogen-bond acceptors (Lipinski definition) is 5. The van der Waals surface area contributed by atoms with Crippen LogP contribution in [0, 0.1) is 28.6 Å². The molecule has 0 aromatic heterocycles. The van der Waals surface area contributed by atoms with Gasteiger partial charge in [-0.3, -0.25) is 14.4 Å². The summed E-state index contributed by atoms with van der Waals surface area (Å²) in [5.41, 5.74) is 1.89. The summed E-state index contributed by atoms with van der Waals surface area (Å²) >= 11 is 0. The van der Waals surface area contributed by atoms with Crippen molar-refractivity contribution in [3.63, 3.8) is 0 Å². The maximum absolute atomic E-state index is 12.8. The lowest BCUT2D eigenvalue weighted by Gasteiger charge is -2.57. The predicted molar refractivity (Wildman–Crippen MR) is 141 cm³/mol. The molecule has 7 atom stereocenters. The molecule has 204 valence electrons. The highest BCUT2D eigenvalue weighted by Crippen LogP contribution is 2.65. The number of carbonyl (C=O) groups is 4. The standard InChI is InChI=1S/C31H39NO6/c1-30-16-14-21(33)18-20(30)8-9-22-23-10-11-25(31(23,2)17-15-24(22)30)38-27(35)13-12-26(34)32-28(29(36)37)19-6-4-3-5-7-19/h3-7,18,22-25,28H,8-17H2,1-2H3,(H,32,34)(H,36,37)/t22?,23?,24?,25?,28?,30-,31-/m1/s1. The third kappa shape index (κ3) is 4.80. The number of allylic oxidation sites excluding steroid dienone is 1. The van der Waals surface area contributed by atoms with E-state index in [0.29, 0.717) is 29.7 Å². The molecule has 0 spiro atoms. The van der Waals surface area contributed by atoms with Gasteiger partial charge >= 0.3 is 11.9 Å². The van der Waals surface area contributed by atoms with E-state index in [4.69, 9.17) is 4.74 Å². The number of nitrogens with one attached hydrogen (secondary N) is 1. The highest BCUT2D eigenvalue weighted by Gasteiger charge is 2.59. The number of ether oxygens (including phenoxy) is 1. The van der Waals surface area contributed by atoms with Gasteiger partial charge in [-0.25, -0.2) is 4.79 Å². The predicted octanol–water partition coefficient (Wildman–Crippen LogP) is 5.15. The molecule has 0 saturated heterocycles. The van der Waals surface area contributed by atoms with Gasteiger partial charge in [0.05, 0.1) is 6.42 Å². The summed E-state index contributed by atoms with van der Waals surface area (Å²) in [6.45, 7) is 4.65. The number of amides is 1. The largest absolute Gasteiger partial charge is 0.479 e. The van der Waals surface area contributed by atoms with Crippen LogP contribution >= 0.6 is 0 Å². The Morgan fingerprint density at radius 2 is 1.76 bits per heavy atom. The number of carbonyl (C=O) groups excluding carboxylic acids is 3. The Balaban J connectivity index is 1.17. The number of carboxylic acid groups (broad SMARTS) is 1. The molecule has 7 heteroatoms. The molecule has 1 aromatic rings. The molecule has 0 radical (unpaired) electrons. The molecule has 7 nitrogen and oxygen atoms in total. The summed E-state index contributed by atoms with van der Waals surface area (Å²) in [4.78, 5) is 49.0. The van der Waals surface area contributed by atoms with Gasteiger partial charge in [-0.05, 0) is 79.8 Å². The van der Waals surface area contributed by atoms with Crippen LogP contribution in [-0.4, -0.2) is 34.8 Å².